The molecule has 96 valence electrons. The summed E-state index contributed by atoms with van der Waals surface area (Å²) in [7, 11) is 1.67. The zero-order chi connectivity index (χ0) is 12.8. The summed E-state index contributed by atoms with van der Waals surface area (Å²) in [6.07, 6.45) is 2.79. The predicted octanol–water partition coefficient (Wildman–Crippen LogP) is 0.324. The van der Waals surface area contributed by atoms with Crippen molar-refractivity contribution in [2.75, 3.05) is 12.8 Å². The number of anilines is 1. The van der Waals surface area contributed by atoms with Gasteiger partial charge in [-0.1, -0.05) is 0 Å². The molecule has 1 heterocycles. The van der Waals surface area contributed by atoms with Crippen LogP contribution in [-0.2, 0) is 11.3 Å². The Labute approximate surface area is 99.4 Å². The maximum Gasteiger partial charge on any atom is 0.329 e. The number of ether oxygens (including phenoxy) is 1. The van der Waals surface area contributed by atoms with Crippen LogP contribution in [0.4, 0.5) is 5.82 Å². The minimum atomic E-state index is -0.449. The molecule has 0 amide bonds. The number of rotatable bonds is 6. The molecule has 3 N–H and O–H groups in total. The van der Waals surface area contributed by atoms with Crippen molar-refractivity contribution in [3.05, 3.63) is 26.9 Å². The fourth-order valence-electron chi connectivity index (χ4n) is 1.57. The molecular weight excluding hydrogens is 222 g/mol. The first-order valence-electron chi connectivity index (χ1n) is 5.67. The monoisotopic (exact) mass is 241 g/mol. The van der Waals surface area contributed by atoms with Crippen molar-refractivity contribution in [3.63, 3.8) is 0 Å². The molecular formula is C11H19N3O3. The van der Waals surface area contributed by atoms with Gasteiger partial charge in [-0.25, -0.2) is 4.79 Å². The summed E-state index contributed by atoms with van der Waals surface area (Å²) >= 11 is 0. The molecule has 6 nitrogen and oxygen atoms in total. The van der Waals surface area contributed by atoms with Crippen LogP contribution in [0.2, 0.25) is 0 Å². The van der Waals surface area contributed by atoms with E-state index >= 15 is 0 Å². The van der Waals surface area contributed by atoms with Crippen LogP contribution < -0.4 is 17.0 Å². The Bertz CT molecular complexity index is 433. The molecule has 0 saturated heterocycles. The molecule has 0 bridgehead atoms. The van der Waals surface area contributed by atoms with Gasteiger partial charge in [0.05, 0.1) is 6.10 Å². The second-order valence-electron chi connectivity index (χ2n) is 4.06. The number of nitrogen functional groups attached to an aromatic ring is 1. The topological polar surface area (TPSA) is 90.1 Å². The minimum absolute atomic E-state index is 0.101. The van der Waals surface area contributed by atoms with E-state index in [1.165, 1.54) is 6.07 Å². The molecule has 1 unspecified atom stereocenters. The molecule has 1 aromatic heterocycles. The van der Waals surface area contributed by atoms with Gasteiger partial charge in [0.15, 0.2) is 0 Å². The number of nitrogens with one attached hydrogen (secondary N) is 1. The largest absolute Gasteiger partial charge is 0.385 e. The number of unbranched alkanes of at least 4 members (excludes halogenated alkanes) is 1. The Kier molecular flexibility index (Phi) is 4.96. The van der Waals surface area contributed by atoms with Crippen LogP contribution >= 0.6 is 0 Å². The summed E-state index contributed by atoms with van der Waals surface area (Å²) in [5.41, 5.74) is 4.55. The summed E-state index contributed by atoms with van der Waals surface area (Å²) < 4.78 is 6.27. The molecule has 6 heteroatoms. The third-order valence-electron chi connectivity index (χ3n) is 2.69. The molecule has 0 aliphatic heterocycles. The van der Waals surface area contributed by atoms with Crippen LogP contribution in [-0.4, -0.2) is 22.8 Å². The average Bonchev–Trinajstić information content (AvgIpc) is 2.26. The first-order chi connectivity index (χ1) is 8.04. The van der Waals surface area contributed by atoms with E-state index in [0.717, 1.165) is 23.8 Å². The molecule has 0 radical (unpaired) electrons. The second-order valence-corrected chi connectivity index (χ2v) is 4.06. The van der Waals surface area contributed by atoms with Crippen molar-refractivity contribution < 1.29 is 4.74 Å². The van der Waals surface area contributed by atoms with E-state index in [-0.39, 0.29) is 17.5 Å². The maximum absolute atomic E-state index is 11.5. The lowest BCUT2D eigenvalue weighted by Gasteiger charge is -2.09. The highest BCUT2D eigenvalue weighted by Gasteiger charge is 2.03. The lowest BCUT2D eigenvalue weighted by Crippen LogP contribution is -2.35. The number of methoxy groups -OCH3 is 1. The third-order valence-corrected chi connectivity index (χ3v) is 2.69. The van der Waals surface area contributed by atoms with Gasteiger partial charge in [-0.3, -0.25) is 14.3 Å². The van der Waals surface area contributed by atoms with Gasteiger partial charge in [-0.05, 0) is 26.2 Å². The SMILES string of the molecule is COC(C)CCCCn1c(=O)cc(N)[nH]c1=O. The number of hydrogen-bond acceptors (Lipinski definition) is 4. The van der Waals surface area contributed by atoms with E-state index < -0.39 is 5.69 Å². The molecule has 0 fully saturated rings. The second kappa shape index (κ2) is 6.24. The molecule has 1 atom stereocenters. The quantitative estimate of drug-likeness (QED) is 0.702. The summed E-state index contributed by atoms with van der Waals surface area (Å²) in [6, 6.07) is 1.22. The summed E-state index contributed by atoms with van der Waals surface area (Å²) in [6.45, 7) is 2.40. The zero-order valence-electron chi connectivity index (χ0n) is 10.2. The van der Waals surface area contributed by atoms with Gasteiger partial charge in [-0.2, -0.15) is 0 Å². The van der Waals surface area contributed by atoms with Gasteiger partial charge in [0, 0.05) is 19.7 Å². The van der Waals surface area contributed by atoms with Crippen LogP contribution in [0, 0.1) is 0 Å². The number of H-pyrrole nitrogens is 1. The van der Waals surface area contributed by atoms with E-state index in [9.17, 15) is 9.59 Å². The number of nitrogens with two attached hydrogens (primary N) is 1. The minimum Gasteiger partial charge on any atom is -0.385 e. The number of aromatic nitrogens is 2. The van der Waals surface area contributed by atoms with Crippen LogP contribution in [0.3, 0.4) is 0 Å². The van der Waals surface area contributed by atoms with Crippen molar-refractivity contribution in [1.82, 2.24) is 9.55 Å². The number of aromatic amines is 1. The van der Waals surface area contributed by atoms with Gasteiger partial charge in [0.1, 0.15) is 5.82 Å². The fraction of sp³-hybridized carbons (Fsp3) is 0.636. The van der Waals surface area contributed by atoms with E-state index in [0.29, 0.717) is 6.54 Å². The van der Waals surface area contributed by atoms with Crippen molar-refractivity contribution in [2.45, 2.75) is 38.8 Å². The van der Waals surface area contributed by atoms with Crippen molar-refractivity contribution in [1.29, 1.82) is 0 Å². The average molecular weight is 241 g/mol. The Morgan fingerprint density at radius 2 is 2.18 bits per heavy atom. The summed E-state index contributed by atoms with van der Waals surface area (Å²) in [4.78, 5) is 25.3. The zero-order valence-corrected chi connectivity index (χ0v) is 10.2. The Morgan fingerprint density at radius 3 is 2.76 bits per heavy atom. The van der Waals surface area contributed by atoms with Gasteiger partial charge in [0.2, 0.25) is 0 Å². The van der Waals surface area contributed by atoms with Crippen molar-refractivity contribution >= 4 is 5.82 Å². The Balaban J connectivity index is 2.53. The van der Waals surface area contributed by atoms with E-state index in [1.54, 1.807) is 7.11 Å². The van der Waals surface area contributed by atoms with Crippen LogP contribution in [0.1, 0.15) is 26.2 Å². The van der Waals surface area contributed by atoms with Gasteiger partial charge >= 0.3 is 5.69 Å². The molecule has 0 aromatic carbocycles. The molecule has 0 aliphatic rings. The molecule has 1 aromatic rings. The Morgan fingerprint density at radius 1 is 1.47 bits per heavy atom. The maximum atomic E-state index is 11.5. The Hall–Kier alpha value is -1.56. The van der Waals surface area contributed by atoms with Gasteiger partial charge in [0.25, 0.3) is 5.56 Å². The predicted molar refractivity (Wildman–Crippen MR) is 66.1 cm³/mol. The van der Waals surface area contributed by atoms with Crippen molar-refractivity contribution in [2.24, 2.45) is 0 Å². The van der Waals surface area contributed by atoms with E-state index in [4.69, 9.17) is 10.5 Å². The van der Waals surface area contributed by atoms with Crippen LogP contribution in [0.5, 0.6) is 0 Å². The van der Waals surface area contributed by atoms with Gasteiger partial charge in [-0.15, -0.1) is 0 Å². The van der Waals surface area contributed by atoms with Gasteiger partial charge < -0.3 is 10.5 Å². The fourth-order valence-corrected chi connectivity index (χ4v) is 1.57. The molecule has 1 rings (SSSR count). The lowest BCUT2D eigenvalue weighted by molar-refractivity contribution is 0.108. The standard InChI is InChI=1S/C11H19N3O3/c1-8(17-2)5-3-4-6-14-10(15)7-9(12)13-11(14)16/h7-8H,3-6,12H2,1-2H3,(H,13,16). The molecule has 0 saturated carbocycles. The van der Waals surface area contributed by atoms with Crippen molar-refractivity contribution in [3.8, 4) is 0 Å². The van der Waals surface area contributed by atoms with Crippen LogP contribution in [0.25, 0.3) is 0 Å². The lowest BCUT2D eigenvalue weighted by atomic mass is 10.2. The first-order valence-corrected chi connectivity index (χ1v) is 5.67. The molecule has 0 spiro atoms. The number of nitrogens with zero attached hydrogens (tertiary/aromatic N) is 1. The summed E-state index contributed by atoms with van der Waals surface area (Å²) in [5.74, 6) is 0.101. The highest BCUT2D eigenvalue weighted by atomic mass is 16.5. The third kappa shape index (κ3) is 4.07. The molecule has 0 aliphatic carbocycles. The highest BCUT2D eigenvalue weighted by molar-refractivity contribution is 5.23. The number of hydrogen-bond donors (Lipinski definition) is 2. The smallest absolute Gasteiger partial charge is 0.329 e. The normalized spacial score (nSPS) is 12.6. The first kappa shape index (κ1) is 13.5. The van der Waals surface area contributed by atoms with Crippen LogP contribution in [0.15, 0.2) is 15.7 Å². The highest BCUT2D eigenvalue weighted by Crippen LogP contribution is 2.03. The van der Waals surface area contributed by atoms with E-state index in [1.807, 2.05) is 6.92 Å². The van der Waals surface area contributed by atoms with E-state index in [2.05, 4.69) is 4.98 Å². The molecule has 17 heavy (non-hydrogen) atoms. The summed E-state index contributed by atoms with van der Waals surface area (Å²) in [5, 5.41) is 0.